The highest BCUT2D eigenvalue weighted by Crippen LogP contribution is 2.31. The van der Waals surface area contributed by atoms with Gasteiger partial charge in [0.05, 0.1) is 26.0 Å². The van der Waals surface area contributed by atoms with Gasteiger partial charge in [-0.1, -0.05) is 0 Å². The molecule has 1 aromatic carbocycles. The van der Waals surface area contributed by atoms with E-state index in [9.17, 15) is 18.3 Å². The van der Waals surface area contributed by atoms with Crippen molar-refractivity contribution in [1.82, 2.24) is 9.97 Å². The van der Waals surface area contributed by atoms with Crippen LogP contribution in [0.1, 0.15) is 17.4 Å². The van der Waals surface area contributed by atoms with Crippen LogP contribution < -0.4 is 9.47 Å². The smallest absolute Gasteiger partial charge is 0.241 e. The molecule has 112 valence electrons. The van der Waals surface area contributed by atoms with Gasteiger partial charge in [-0.2, -0.15) is 4.98 Å². The second-order valence-corrected chi connectivity index (χ2v) is 3.99. The van der Waals surface area contributed by atoms with Crippen LogP contribution in [0.15, 0.2) is 18.3 Å². The Morgan fingerprint density at radius 1 is 1.10 bits per heavy atom. The second-order valence-electron chi connectivity index (χ2n) is 3.99. The summed E-state index contributed by atoms with van der Waals surface area (Å²) >= 11 is 0. The molecule has 0 aliphatic heterocycles. The summed E-state index contributed by atoms with van der Waals surface area (Å²) < 4.78 is 50.0. The number of benzene rings is 1. The molecule has 21 heavy (non-hydrogen) atoms. The van der Waals surface area contributed by atoms with Crippen molar-refractivity contribution in [2.75, 3.05) is 14.2 Å². The summed E-state index contributed by atoms with van der Waals surface area (Å²) in [6.07, 6.45) is -0.653. The molecule has 0 aliphatic carbocycles. The van der Waals surface area contributed by atoms with Crippen LogP contribution in [-0.2, 0) is 0 Å². The number of halogens is 3. The zero-order chi connectivity index (χ0) is 15.6. The summed E-state index contributed by atoms with van der Waals surface area (Å²) in [5, 5.41) is 10.1. The Balaban J connectivity index is 2.52. The monoisotopic (exact) mass is 300 g/mol. The lowest BCUT2D eigenvalue weighted by Gasteiger charge is -2.15. The fourth-order valence-electron chi connectivity index (χ4n) is 1.75. The molecule has 0 saturated heterocycles. The molecule has 1 atom stereocenters. The van der Waals surface area contributed by atoms with Crippen LogP contribution in [0.3, 0.4) is 0 Å². The molecule has 0 aliphatic rings. The summed E-state index contributed by atoms with van der Waals surface area (Å²) in [5.41, 5.74) is -0.961. The highest BCUT2D eigenvalue weighted by atomic mass is 19.1. The Bertz CT molecular complexity index is 644. The number of hydrogen-bond acceptors (Lipinski definition) is 5. The number of aliphatic hydroxyl groups is 1. The van der Waals surface area contributed by atoms with Gasteiger partial charge < -0.3 is 14.6 Å². The average molecular weight is 300 g/mol. The molecule has 1 heterocycles. The minimum Gasteiger partial charge on any atom is -0.480 e. The van der Waals surface area contributed by atoms with Crippen molar-refractivity contribution in [2.45, 2.75) is 6.10 Å². The Morgan fingerprint density at radius 3 is 2.24 bits per heavy atom. The molecular weight excluding hydrogens is 289 g/mol. The Morgan fingerprint density at radius 2 is 1.71 bits per heavy atom. The number of methoxy groups -OCH3 is 2. The van der Waals surface area contributed by atoms with E-state index >= 15 is 0 Å². The lowest BCUT2D eigenvalue weighted by Crippen LogP contribution is -2.11. The number of rotatable bonds is 4. The molecule has 1 unspecified atom stereocenters. The van der Waals surface area contributed by atoms with Gasteiger partial charge in [-0.05, 0) is 0 Å². The fourth-order valence-corrected chi connectivity index (χ4v) is 1.75. The van der Waals surface area contributed by atoms with E-state index in [-0.39, 0.29) is 17.5 Å². The van der Waals surface area contributed by atoms with Gasteiger partial charge in [-0.15, -0.1) is 0 Å². The SMILES string of the molecule is COc1cnc(C(O)c2c(F)cc(F)cc2F)c(OC)n1. The first-order chi connectivity index (χ1) is 9.97. The average Bonchev–Trinajstić information content (AvgIpc) is 2.45. The summed E-state index contributed by atoms with van der Waals surface area (Å²) in [7, 11) is 2.59. The minimum absolute atomic E-state index is 0.0999. The van der Waals surface area contributed by atoms with Gasteiger partial charge in [0.25, 0.3) is 0 Å². The maximum Gasteiger partial charge on any atom is 0.241 e. The summed E-state index contributed by atoms with van der Waals surface area (Å²) in [6, 6.07) is 0.927. The zero-order valence-electron chi connectivity index (χ0n) is 11.1. The topological polar surface area (TPSA) is 64.5 Å². The molecule has 0 fully saturated rings. The van der Waals surface area contributed by atoms with E-state index in [2.05, 4.69) is 9.97 Å². The third-order valence-corrected chi connectivity index (χ3v) is 2.72. The van der Waals surface area contributed by atoms with Gasteiger partial charge in [0.2, 0.25) is 11.8 Å². The molecule has 1 aromatic heterocycles. The molecule has 1 N–H and O–H groups in total. The lowest BCUT2D eigenvalue weighted by atomic mass is 10.0. The number of ether oxygens (including phenoxy) is 2. The van der Waals surface area contributed by atoms with Crippen molar-refractivity contribution in [3.8, 4) is 11.8 Å². The molecule has 8 heteroatoms. The summed E-state index contributed by atoms with van der Waals surface area (Å²) in [4.78, 5) is 7.66. The van der Waals surface area contributed by atoms with Crippen molar-refractivity contribution < 1.29 is 27.8 Å². The number of nitrogens with zero attached hydrogens (tertiary/aromatic N) is 2. The quantitative estimate of drug-likeness (QED) is 0.935. The van der Waals surface area contributed by atoms with Gasteiger partial charge in [-0.3, -0.25) is 0 Å². The van der Waals surface area contributed by atoms with Gasteiger partial charge in [-0.25, -0.2) is 18.2 Å². The van der Waals surface area contributed by atoms with Crippen LogP contribution >= 0.6 is 0 Å². The van der Waals surface area contributed by atoms with E-state index in [0.717, 1.165) is 6.20 Å². The van der Waals surface area contributed by atoms with Crippen molar-refractivity contribution >= 4 is 0 Å². The molecule has 0 saturated carbocycles. The first-order valence-electron chi connectivity index (χ1n) is 5.75. The van der Waals surface area contributed by atoms with E-state index < -0.39 is 29.1 Å². The van der Waals surface area contributed by atoms with Gasteiger partial charge in [0.1, 0.15) is 29.2 Å². The van der Waals surface area contributed by atoms with E-state index in [4.69, 9.17) is 9.47 Å². The molecule has 2 rings (SSSR count). The Kier molecular flexibility index (Phi) is 4.27. The molecule has 2 aromatic rings. The minimum atomic E-state index is -1.81. The van der Waals surface area contributed by atoms with Crippen molar-refractivity contribution in [1.29, 1.82) is 0 Å². The highest BCUT2D eigenvalue weighted by molar-refractivity contribution is 5.34. The zero-order valence-corrected chi connectivity index (χ0v) is 11.1. The highest BCUT2D eigenvalue weighted by Gasteiger charge is 2.26. The molecule has 0 spiro atoms. The van der Waals surface area contributed by atoms with Crippen molar-refractivity contribution in [3.63, 3.8) is 0 Å². The molecular formula is C13H11F3N2O3. The number of aromatic nitrogens is 2. The van der Waals surface area contributed by atoms with E-state index in [1.807, 2.05) is 0 Å². The second kappa shape index (κ2) is 5.96. The predicted molar refractivity (Wildman–Crippen MR) is 65.5 cm³/mol. The third kappa shape index (κ3) is 2.89. The molecule has 0 radical (unpaired) electrons. The summed E-state index contributed by atoms with van der Waals surface area (Å²) in [6.45, 7) is 0. The molecule has 5 nitrogen and oxygen atoms in total. The van der Waals surface area contributed by atoms with E-state index in [0.29, 0.717) is 12.1 Å². The van der Waals surface area contributed by atoms with Crippen LogP contribution in [-0.4, -0.2) is 29.3 Å². The maximum atomic E-state index is 13.7. The van der Waals surface area contributed by atoms with Gasteiger partial charge in [0, 0.05) is 12.1 Å². The Labute approximate surface area is 118 Å². The number of hydrogen-bond donors (Lipinski definition) is 1. The number of aliphatic hydroxyl groups excluding tert-OH is 1. The normalized spacial score (nSPS) is 12.1. The standard InChI is InChI=1S/C13H11F3N2O3/c1-20-9-5-17-11(13(18-9)21-2)12(19)10-7(15)3-6(14)4-8(10)16/h3-5,12,19H,1-2H3. The maximum absolute atomic E-state index is 13.7. The van der Waals surface area contributed by atoms with Crippen LogP contribution in [0, 0.1) is 17.5 Å². The summed E-state index contributed by atoms with van der Waals surface area (Å²) in [5.74, 6) is -3.62. The van der Waals surface area contributed by atoms with Gasteiger partial charge >= 0.3 is 0 Å². The van der Waals surface area contributed by atoms with Crippen LogP contribution in [0.2, 0.25) is 0 Å². The van der Waals surface area contributed by atoms with Crippen LogP contribution in [0.4, 0.5) is 13.2 Å². The fraction of sp³-hybridized carbons (Fsp3) is 0.231. The molecule has 0 amide bonds. The first kappa shape index (κ1) is 15.0. The van der Waals surface area contributed by atoms with Crippen LogP contribution in [0.5, 0.6) is 11.8 Å². The van der Waals surface area contributed by atoms with Crippen molar-refractivity contribution in [3.05, 3.63) is 47.0 Å². The van der Waals surface area contributed by atoms with E-state index in [1.165, 1.54) is 14.2 Å². The van der Waals surface area contributed by atoms with Crippen LogP contribution in [0.25, 0.3) is 0 Å². The lowest BCUT2D eigenvalue weighted by molar-refractivity contribution is 0.196. The third-order valence-electron chi connectivity index (χ3n) is 2.72. The Hall–Kier alpha value is -2.35. The van der Waals surface area contributed by atoms with Crippen molar-refractivity contribution in [2.24, 2.45) is 0 Å². The predicted octanol–water partition coefficient (Wildman–Crippen LogP) is 1.99. The van der Waals surface area contributed by atoms with Gasteiger partial charge in [0.15, 0.2) is 0 Å². The largest absolute Gasteiger partial charge is 0.480 e. The molecule has 0 bridgehead atoms. The first-order valence-corrected chi connectivity index (χ1v) is 5.75. The van der Waals surface area contributed by atoms with E-state index in [1.54, 1.807) is 0 Å².